The van der Waals surface area contributed by atoms with Crippen molar-refractivity contribution < 1.29 is 14.3 Å². The molecular weight excluding hydrogens is 288 g/mol. The Morgan fingerprint density at radius 1 is 1.43 bits per heavy atom. The summed E-state index contributed by atoms with van der Waals surface area (Å²) in [6, 6.07) is 0. The van der Waals surface area contributed by atoms with Gasteiger partial charge in [0.1, 0.15) is 5.60 Å². The van der Waals surface area contributed by atoms with Gasteiger partial charge in [-0.2, -0.15) is 0 Å². The van der Waals surface area contributed by atoms with Crippen molar-refractivity contribution in [1.82, 2.24) is 9.88 Å². The fourth-order valence-electron chi connectivity index (χ4n) is 2.19. The van der Waals surface area contributed by atoms with E-state index in [1.807, 2.05) is 20.8 Å². The second kappa shape index (κ2) is 5.48. The lowest BCUT2D eigenvalue weighted by Crippen LogP contribution is -2.39. The highest BCUT2D eigenvalue weighted by Gasteiger charge is 2.28. The van der Waals surface area contributed by atoms with Gasteiger partial charge in [-0.15, -0.1) is 0 Å². The number of amides is 1. The van der Waals surface area contributed by atoms with Gasteiger partial charge < -0.3 is 14.4 Å². The second-order valence-corrected chi connectivity index (χ2v) is 7.80. The molecule has 5 nitrogen and oxygen atoms in total. The smallest absolute Gasteiger partial charge is 0.410 e. The first-order chi connectivity index (χ1) is 9.90. The van der Waals surface area contributed by atoms with Crippen LogP contribution in [0, 0.1) is 5.92 Å². The van der Waals surface area contributed by atoms with Crippen LogP contribution in [-0.2, 0) is 17.7 Å². The Balaban J connectivity index is 1.60. The zero-order valence-corrected chi connectivity index (χ0v) is 13.7. The van der Waals surface area contributed by atoms with Crippen molar-refractivity contribution in [3.8, 4) is 5.19 Å². The number of nitrogens with zero attached hydrogens (tertiary/aromatic N) is 2. The molecule has 2 heterocycles. The van der Waals surface area contributed by atoms with Crippen LogP contribution in [0.4, 0.5) is 4.79 Å². The molecule has 21 heavy (non-hydrogen) atoms. The van der Waals surface area contributed by atoms with Crippen LogP contribution in [-0.4, -0.2) is 34.7 Å². The molecule has 0 bridgehead atoms. The molecule has 1 amide bonds. The SMILES string of the molecule is CC(C)(C)OC(=O)N1CCc2nc(OCC3CC3)sc2C1. The lowest BCUT2D eigenvalue weighted by Gasteiger charge is -2.29. The molecule has 0 atom stereocenters. The summed E-state index contributed by atoms with van der Waals surface area (Å²) >= 11 is 1.56. The zero-order valence-electron chi connectivity index (χ0n) is 12.8. The van der Waals surface area contributed by atoms with Gasteiger partial charge in [-0.1, -0.05) is 11.3 Å². The van der Waals surface area contributed by atoms with E-state index >= 15 is 0 Å². The van der Waals surface area contributed by atoms with Crippen molar-refractivity contribution >= 4 is 17.4 Å². The highest BCUT2D eigenvalue weighted by atomic mass is 32.1. The maximum atomic E-state index is 12.1. The third kappa shape index (κ3) is 3.87. The first-order valence-corrected chi connectivity index (χ1v) is 8.32. The normalized spacial score (nSPS) is 18.3. The molecule has 2 aliphatic rings. The molecule has 1 aromatic heterocycles. The summed E-state index contributed by atoms with van der Waals surface area (Å²) in [7, 11) is 0. The van der Waals surface area contributed by atoms with Crippen LogP contribution in [0.15, 0.2) is 0 Å². The van der Waals surface area contributed by atoms with Gasteiger partial charge in [0, 0.05) is 13.0 Å². The fourth-order valence-corrected chi connectivity index (χ4v) is 3.17. The number of carbonyl (C=O) groups excluding carboxylic acids is 1. The maximum absolute atomic E-state index is 12.1. The van der Waals surface area contributed by atoms with Gasteiger partial charge in [0.15, 0.2) is 0 Å². The lowest BCUT2D eigenvalue weighted by atomic mass is 10.2. The van der Waals surface area contributed by atoms with Gasteiger partial charge in [-0.25, -0.2) is 9.78 Å². The van der Waals surface area contributed by atoms with Crippen molar-refractivity contribution in [2.45, 2.75) is 52.2 Å². The monoisotopic (exact) mass is 310 g/mol. The molecule has 1 aliphatic heterocycles. The van der Waals surface area contributed by atoms with E-state index < -0.39 is 5.60 Å². The highest BCUT2D eigenvalue weighted by molar-refractivity contribution is 7.13. The van der Waals surface area contributed by atoms with E-state index in [2.05, 4.69) is 4.98 Å². The van der Waals surface area contributed by atoms with E-state index in [4.69, 9.17) is 9.47 Å². The second-order valence-electron chi connectivity index (χ2n) is 6.76. The average molecular weight is 310 g/mol. The molecule has 1 fully saturated rings. The number of carbonyl (C=O) groups is 1. The van der Waals surface area contributed by atoms with Crippen molar-refractivity contribution in [1.29, 1.82) is 0 Å². The van der Waals surface area contributed by atoms with Gasteiger partial charge >= 0.3 is 6.09 Å². The summed E-state index contributed by atoms with van der Waals surface area (Å²) in [4.78, 5) is 19.5. The van der Waals surface area contributed by atoms with Crippen LogP contribution in [0.3, 0.4) is 0 Å². The summed E-state index contributed by atoms with van der Waals surface area (Å²) in [6.07, 6.45) is 3.08. The van der Waals surface area contributed by atoms with Crippen molar-refractivity contribution in [3.05, 3.63) is 10.6 Å². The number of aromatic nitrogens is 1. The molecule has 0 aromatic carbocycles. The summed E-state index contributed by atoms with van der Waals surface area (Å²) in [5, 5.41) is 0.748. The third-order valence-corrected chi connectivity index (χ3v) is 4.50. The number of hydrogen-bond donors (Lipinski definition) is 0. The van der Waals surface area contributed by atoms with E-state index in [0.717, 1.165) is 34.7 Å². The lowest BCUT2D eigenvalue weighted by molar-refractivity contribution is 0.0225. The molecule has 0 unspecified atom stereocenters. The molecule has 0 saturated heterocycles. The minimum Gasteiger partial charge on any atom is -0.470 e. The Hall–Kier alpha value is -1.30. The van der Waals surface area contributed by atoms with E-state index in [0.29, 0.717) is 13.1 Å². The van der Waals surface area contributed by atoms with Gasteiger partial charge in [-0.05, 0) is 39.5 Å². The molecule has 1 aliphatic carbocycles. The third-order valence-electron chi connectivity index (χ3n) is 3.50. The number of ether oxygens (including phenoxy) is 2. The maximum Gasteiger partial charge on any atom is 0.410 e. The predicted molar refractivity (Wildman–Crippen MR) is 80.7 cm³/mol. The van der Waals surface area contributed by atoms with Gasteiger partial charge in [0.25, 0.3) is 5.19 Å². The molecule has 0 N–H and O–H groups in total. The number of thiazole rings is 1. The van der Waals surface area contributed by atoms with E-state index in [-0.39, 0.29) is 6.09 Å². The Bertz CT molecular complexity index is 532. The number of rotatable bonds is 3. The minimum atomic E-state index is -0.455. The first-order valence-electron chi connectivity index (χ1n) is 7.50. The van der Waals surface area contributed by atoms with Crippen molar-refractivity contribution in [2.75, 3.05) is 13.2 Å². The predicted octanol–water partition coefficient (Wildman–Crippen LogP) is 3.23. The van der Waals surface area contributed by atoms with Gasteiger partial charge in [0.2, 0.25) is 0 Å². The molecular formula is C15H22N2O3S. The van der Waals surface area contributed by atoms with Crippen LogP contribution in [0.25, 0.3) is 0 Å². The zero-order chi connectivity index (χ0) is 15.0. The Labute approximate surface area is 129 Å². The van der Waals surface area contributed by atoms with E-state index in [1.54, 1.807) is 16.2 Å². The van der Waals surface area contributed by atoms with Crippen LogP contribution in [0.5, 0.6) is 5.19 Å². The van der Waals surface area contributed by atoms with Gasteiger partial charge in [-0.3, -0.25) is 0 Å². The summed E-state index contributed by atoms with van der Waals surface area (Å²) in [5.74, 6) is 0.726. The van der Waals surface area contributed by atoms with Crippen LogP contribution in [0.1, 0.15) is 44.2 Å². The quantitative estimate of drug-likeness (QED) is 0.860. The fraction of sp³-hybridized carbons (Fsp3) is 0.733. The highest BCUT2D eigenvalue weighted by Crippen LogP contribution is 2.33. The number of fused-ring (bicyclic) bond motifs is 1. The topological polar surface area (TPSA) is 51.7 Å². The average Bonchev–Trinajstić information content (AvgIpc) is 3.12. The Morgan fingerprint density at radius 3 is 2.86 bits per heavy atom. The molecule has 6 heteroatoms. The van der Waals surface area contributed by atoms with Crippen LogP contribution >= 0.6 is 11.3 Å². The first kappa shape index (κ1) is 14.6. The summed E-state index contributed by atoms with van der Waals surface area (Å²) in [5.41, 5.74) is 0.620. The molecule has 1 aromatic rings. The molecule has 3 rings (SSSR count). The summed E-state index contributed by atoms with van der Waals surface area (Å²) < 4.78 is 11.2. The minimum absolute atomic E-state index is 0.248. The molecule has 1 saturated carbocycles. The van der Waals surface area contributed by atoms with Crippen molar-refractivity contribution in [2.24, 2.45) is 5.92 Å². The van der Waals surface area contributed by atoms with Gasteiger partial charge in [0.05, 0.1) is 23.7 Å². The largest absolute Gasteiger partial charge is 0.470 e. The van der Waals surface area contributed by atoms with E-state index in [1.165, 1.54) is 12.8 Å². The van der Waals surface area contributed by atoms with Crippen molar-refractivity contribution in [3.63, 3.8) is 0 Å². The Kier molecular flexibility index (Phi) is 3.82. The van der Waals surface area contributed by atoms with Crippen LogP contribution < -0.4 is 4.74 Å². The molecule has 0 radical (unpaired) electrons. The Morgan fingerprint density at radius 2 is 2.19 bits per heavy atom. The summed E-state index contributed by atoms with van der Waals surface area (Å²) in [6.45, 7) is 7.68. The van der Waals surface area contributed by atoms with Crippen LogP contribution in [0.2, 0.25) is 0 Å². The molecule has 0 spiro atoms. The molecule has 116 valence electrons. The van der Waals surface area contributed by atoms with E-state index in [9.17, 15) is 4.79 Å². The standard InChI is InChI=1S/C15H22N2O3S/c1-15(2,3)20-14(18)17-7-6-11-12(8-17)21-13(16-11)19-9-10-4-5-10/h10H,4-9H2,1-3H3. The number of hydrogen-bond acceptors (Lipinski definition) is 5.